The van der Waals surface area contributed by atoms with Crippen LogP contribution in [-0.4, -0.2) is 11.6 Å². The number of hydrogen-bond acceptors (Lipinski definition) is 2. The van der Waals surface area contributed by atoms with E-state index in [4.69, 9.17) is 0 Å². The summed E-state index contributed by atoms with van der Waals surface area (Å²) < 4.78 is 0. The molecule has 2 nitrogen and oxygen atoms in total. The molecule has 4 saturated carbocycles. The fourth-order valence-electron chi connectivity index (χ4n) is 6.43. The second kappa shape index (κ2) is 4.42. The molecule has 0 heterocycles. The standard InChI is InChI=1S/C18H26O2/c1-18-9-8-14-13-5-3-12(19)10-11(13)2-4-15(14)16(18)6-7-17(18)20/h11,13-16H,2-10H2,1H3/t11?,13-,14+,15+,16?,18-/m0/s1. The van der Waals surface area contributed by atoms with Gasteiger partial charge in [0.25, 0.3) is 0 Å². The number of hydrogen-bond donors (Lipinski definition) is 0. The summed E-state index contributed by atoms with van der Waals surface area (Å²) in [6.07, 6.45) is 9.70. The van der Waals surface area contributed by atoms with Gasteiger partial charge < -0.3 is 0 Å². The molecule has 0 saturated heterocycles. The Morgan fingerprint density at radius 3 is 2.60 bits per heavy atom. The van der Waals surface area contributed by atoms with E-state index in [1.807, 2.05) is 0 Å². The SMILES string of the molecule is C[C@]12CC[C@@H]3[C@H]4CCC(=O)CC4CC[C@H]3C1CCC2=O. The smallest absolute Gasteiger partial charge is 0.139 e. The Morgan fingerprint density at radius 2 is 1.75 bits per heavy atom. The van der Waals surface area contributed by atoms with E-state index in [1.165, 1.54) is 19.3 Å². The monoisotopic (exact) mass is 274 g/mol. The highest BCUT2D eigenvalue weighted by Crippen LogP contribution is 2.61. The van der Waals surface area contributed by atoms with E-state index in [9.17, 15) is 9.59 Å². The van der Waals surface area contributed by atoms with Crippen molar-refractivity contribution in [3.63, 3.8) is 0 Å². The second-order valence-electron chi connectivity index (χ2n) is 8.13. The van der Waals surface area contributed by atoms with Crippen LogP contribution in [0, 0.1) is 35.0 Å². The predicted octanol–water partition coefficient (Wildman–Crippen LogP) is 3.78. The molecule has 0 aromatic carbocycles. The quantitative estimate of drug-likeness (QED) is 0.673. The molecule has 6 atom stereocenters. The summed E-state index contributed by atoms with van der Waals surface area (Å²) >= 11 is 0. The van der Waals surface area contributed by atoms with Crippen molar-refractivity contribution in [3.8, 4) is 0 Å². The van der Waals surface area contributed by atoms with Crippen LogP contribution in [-0.2, 0) is 9.59 Å². The minimum Gasteiger partial charge on any atom is -0.300 e. The van der Waals surface area contributed by atoms with E-state index in [1.54, 1.807) is 0 Å². The summed E-state index contributed by atoms with van der Waals surface area (Å²) in [4.78, 5) is 24.0. The molecule has 0 aromatic rings. The summed E-state index contributed by atoms with van der Waals surface area (Å²) in [5.74, 6) is 4.79. The lowest BCUT2D eigenvalue weighted by molar-refractivity contribution is -0.134. The molecule has 2 unspecified atom stereocenters. The summed E-state index contributed by atoms with van der Waals surface area (Å²) in [7, 11) is 0. The fourth-order valence-corrected chi connectivity index (χ4v) is 6.43. The molecule has 0 spiro atoms. The Morgan fingerprint density at radius 1 is 0.900 bits per heavy atom. The van der Waals surface area contributed by atoms with Crippen molar-refractivity contribution in [2.45, 2.75) is 64.7 Å². The zero-order chi connectivity index (χ0) is 13.9. The topological polar surface area (TPSA) is 34.1 Å². The van der Waals surface area contributed by atoms with Crippen LogP contribution in [0.1, 0.15) is 64.7 Å². The number of ketones is 2. The molecular weight excluding hydrogens is 248 g/mol. The van der Waals surface area contributed by atoms with E-state index < -0.39 is 0 Å². The molecule has 4 aliphatic carbocycles. The minimum absolute atomic E-state index is 0.0124. The van der Waals surface area contributed by atoms with Gasteiger partial charge in [0, 0.05) is 24.7 Å². The van der Waals surface area contributed by atoms with Gasteiger partial charge in [-0.1, -0.05) is 6.92 Å². The van der Waals surface area contributed by atoms with E-state index in [2.05, 4.69) is 6.92 Å². The Balaban J connectivity index is 1.59. The van der Waals surface area contributed by atoms with Crippen LogP contribution < -0.4 is 0 Å². The van der Waals surface area contributed by atoms with Crippen molar-refractivity contribution >= 4 is 11.6 Å². The third kappa shape index (κ3) is 1.69. The van der Waals surface area contributed by atoms with Crippen molar-refractivity contribution in [2.24, 2.45) is 35.0 Å². The summed E-state index contributed by atoms with van der Waals surface area (Å²) in [6, 6.07) is 0. The van der Waals surface area contributed by atoms with Gasteiger partial charge in [0.05, 0.1) is 0 Å². The molecule has 0 amide bonds. The predicted molar refractivity (Wildman–Crippen MR) is 77.1 cm³/mol. The molecule has 4 rings (SSSR count). The maximum absolute atomic E-state index is 12.3. The van der Waals surface area contributed by atoms with Gasteiger partial charge >= 0.3 is 0 Å². The van der Waals surface area contributed by atoms with Gasteiger partial charge in [-0.3, -0.25) is 9.59 Å². The van der Waals surface area contributed by atoms with Crippen LogP contribution in [0.4, 0.5) is 0 Å². The van der Waals surface area contributed by atoms with Gasteiger partial charge in [0.1, 0.15) is 11.6 Å². The lowest BCUT2D eigenvalue weighted by Crippen LogP contribution is -2.48. The molecule has 0 N–H and O–H groups in total. The molecule has 4 fully saturated rings. The van der Waals surface area contributed by atoms with Crippen molar-refractivity contribution in [1.82, 2.24) is 0 Å². The third-order valence-electron chi connectivity index (χ3n) is 7.47. The van der Waals surface area contributed by atoms with Crippen LogP contribution in [0.5, 0.6) is 0 Å². The van der Waals surface area contributed by atoms with E-state index in [-0.39, 0.29) is 5.41 Å². The Bertz CT molecular complexity index is 454. The van der Waals surface area contributed by atoms with Crippen molar-refractivity contribution in [3.05, 3.63) is 0 Å². The van der Waals surface area contributed by atoms with Crippen molar-refractivity contribution in [2.75, 3.05) is 0 Å². The van der Waals surface area contributed by atoms with E-state index >= 15 is 0 Å². The summed E-state index contributed by atoms with van der Waals surface area (Å²) in [5, 5.41) is 0. The number of carbonyl (C=O) groups is 2. The van der Waals surface area contributed by atoms with Crippen LogP contribution in [0.25, 0.3) is 0 Å². The Hall–Kier alpha value is -0.660. The fraction of sp³-hybridized carbons (Fsp3) is 0.889. The Labute approximate surface area is 121 Å². The highest BCUT2D eigenvalue weighted by Gasteiger charge is 2.56. The molecule has 0 radical (unpaired) electrons. The van der Waals surface area contributed by atoms with Crippen LogP contribution in [0.3, 0.4) is 0 Å². The molecular formula is C18H26O2. The molecule has 0 bridgehead atoms. The first-order chi connectivity index (χ1) is 9.59. The van der Waals surface area contributed by atoms with Gasteiger partial charge in [-0.25, -0.2) is 0 Å². The number of carbonyl (C=O) groups excluding carboxylic acids is 2. The molecule has 0 aromatic heterocycles. The largest absolute Gasteiger partial charge is 0.300 e. The second-order valence-corrected chi connectivity index (χ2v) is 8.13. The van der Waals surface area contributed by atoms with Gasteiger partial charge in [-0.05, 0) is 68.1 Å². The summed E-state index contributed by atoms with van der Waals surface area (Å²) in [6.45, 7) is 2.25. The Kier molecular flexibility index (Phi) is 2.88. The minimum atomic E-state index is 0.0124. The number of Topliss-reactive ketones (excluding diaryl/α,β-unsaturated/α-hetero) is 2. The highest BCUT2D eigenvalue weighted by molar-refractivity contribution is 5.87. The first-order valence-corrected chi connectivity index (χ1v) is 8.64. The maximum Gasteiger partial charge on any atom is 0.139 e. The van der Waals surface area contributed by atoms with Gasteiger partial charge in [-0.2, -0.15) is 0 Å². The molecule has 0 aliphatic heterocycles. The van der Waals surface area contributed by atoms with Gasteiger partial charge in [0.15, 0.2) is 0 Å². The average Bonchev–Trinajstić information content (AvgIpc) is 2.74. The van der Waals surface area contributed by atoms with Crippen LogP contribution in [0.2, 0.25) is 0 Å². The third-order valence-corrected chi connectivity index (χ3v) is 7.47. The number of rotatable bonds is 0. The molecule has 20 heavy (non-hydrogen) atoms. The van der Waals surface area contributed by atoms with Crippen molar-refractivity contribution in [1.29, 1.82) is 0 Å². The molecule has 110 valence electrons. The lowest BCUT2D eigenvalue weighted by Gasteiger charge is -2.53. The highest BCUT2D eigenvalue weighted by atomic mass is 16.1. The van der Waals surface area contributed by atoms with E-state index in [0.29, 0.717) is 23.4 Å². The van der Waals surface area contributed by atoms with Crippen LogP contribution in [0.15, 0.2) is 0 Å². The first kappa shape index (κ1) is 13.0. The van der Waals surface area contributed by atoms with Gasteiger partial charge in [-0.15, -0.1) is 0 Å². The molecule has 2 heteroatoms. The lowest BCUT2D eigenvalue weighted by atomic mass is 9.50. The van der Waals surface area contributed by atoms with E-state index in [0.717, 1.165) is 56.3 Å². The van der Waals surface area contributed by atoms with Crippen LogP contribution >= 0.6 is 0 Å². The average molecular weight is 274 g/mol. The number of fused-ring (bicyclic) bond motifs is 5. The maximum atomic E-state index is 12.3. The molecule has 4 aliphatic rings. The van der Waals surface area contributed by atoms with Gasteiger partial charge in [0.2, 0.25) is 0 Å². The summed E-state index contributed by atoms with van der Waals surface area (Å²) in [5.41, 5.74) is 0.0124. The zero-order valence-electron chi connectivity index (χ0n) is 12.6. The van der Waals surface area contributed by atoms with Crippen molar-refractivity contribution < 1.29 is 9.59 Å². The zero-order valence-corrected chi connectivity index (χ0v) is 12.6. The normalized spacial score (nSPS) is 51.4. The first-order valence-electron chi connectivity index (χ1n) is 8.64.